The Morgan fingerprint density at radius 3 is 2.39 bits per heavy atom. The third kappa shape index (κ3) is 8.04. The fourth-order valence-electron chi connectivity index (χ4n) is 5.30. The molecule has 0 atom stereocenters. The van der Waals surface area contributed by atoms with Crippen molar-refractivity contribution in [3.05, 3.63) is 82.9 Å². The molecule has 4 aromatic rings. The maximum atomic E-state index is 13.1. The fraction of sp³-hybridized carbons (Fsp3) is 0.389. The van der Waals surface area contributed by atoms with Crippen molar-refractivity contribution in [2.24, 2.45) is 0 Å². The number of nitrogens with one attached hydrogen (secondary N) is 1. The van der Waals surface area contributed by atoms with Gasteiger partial charge in [0.15, 0.2) is 0 Å². The molecule has 1 N–H and O–H groups in total. The summed E-state index contributed by atoms with van der Waals surface area (Å²) >= 11 is 1.64. The molecule has 0 spiro atoms. The topological polar surface area (TPSA) is 99.5 Å². The van der Waals surface area contributed by atoms with Crippen LogP contribution in [-0.2, 0) is 14.2 Å². The lowest BCUT2D eigenvalue weighted by atomic mass is 10.00. The maximum Gasteiger partial charge on any atom is 0.341 e. The molecule has 0 aliphatic heterocycles. The number of fused-ring (bicyclic) bond motifs is 1. The van der Waals surface area contributed by atoms with Crippen molar-refractivity contribution in [3.8, 4) is 17.1 Å². The molecule has 1 saturated carbocycles. The number of carbonyl (C=O) groups excluding carboxylic acids is 2. The average Bonchev–Trinajstić information content (AvgIpc) is 3.85. The number of anilines is 1. The largest absolute Gasteiger partial charge is 0.490 e. The number of nitrogens with zero attached hydrogens (tertiary/aromatic N) is 1. The Labute approximate surface area is 274 Å². The van der Waals surface area contributed by atoms with Crippen LogP contribution in [0.25, 0.3) is 22.3 Å². The maximum absolute atomic E-state index is 13.1. The zero-order chi connectivity index (χ0) is 32.5. The van der Waals surface area contributed by atoms with Crippen molar-refractivity contribution in [1.29, 1.82) is 0 Å². The van der Waals surface area contributed by atoms with Crippen molar-refractivity contribution in [3.63, 3.8) is 0 Å². The van der Waals surface area contributed by atoms with Gasteiger partial charge in [-0.25, -0.2) is 4.79 Å². The monoisotopic (exact) mass is 646 g/mol. The third-order valence-electron chi connectivity index (χ3n) is 7.79. The highest BCUT2D eigenvalue weighted by atomic mass is 32.2. The molecule has 1 aliphatic carbocycles. The van der Waals surface area contributed by atoms with E-state index in [2.05, 4.69) is 28.0 Å². The second kappa shape index (κ2) is 16.0. The minimum atomic E-state index is -0.402. The molecule has 1 aliphatic rings. The van der Waals surface area contributed by atoms with E-state index < -0.39 is 5.97 Å². The van der Waals surface area contributed by atoms with Crippen LogP contribution in [0.3, 0.4) is 0 Å². The van der Waals surface area contributed by atoms with Crippen LogP contribution in [-0.4, -0.2) is 71.4 Å². The highest BCUT2D eigenvalue weighted by Crippen LogP contribution is 2.48. The van der Waals surface area contributed by atoms with E-state index in [9.17, 15) is 9.59 Å². The van der Waals surface area contributed by atoms with Gasteiger partial charge in [0, 0.05) is 30.3 Å². The van der Waals surface area contributed by atoms with E-state index in [1.54, 1.807) is 44.1 Å². The molecule has 1 heterocycles. The van der Waals surface area contributed by atoms with Crippen LogP contribution in [0, 0.1) is 6.92 Å². The summed E-state index contributed by atoms with van der Waals surface area (Å²) in [4.78, 5) is 25.2. The van der Waals surface area contributed by atoms with E-state index in [1.165, 1.54) is 5.56 Å². The lowest BCUT2D eigenvalue weighted by molar-refractivity contribution is 0.0382. The van der Waals surface area contributed by atoms with Crippen molar-refractivity contribution in [2.75, 3.05) is 63.8 Å². The van der Waals surface area contributed by atoms with E-state index in [4.69, 9.17) is 23.4 Å². The number of ether oxygens (including phenoxy) is 4. The Morgan fingerprint density at radius 2 is 1.70 bits per heavy atom. The number of benzene rings is 3. The van der Waals surface area contributed by atoms with Gasteiger partial charge in [-0.05, 0) is 56.4 Å². The lowest BCUT2D eigenvalue weighted by Gasteiger charge is -2.24. The normalized spacial score (nSPS) is 12.7. The number of hydrogen-bond donors (Lipinski definition) is 1. The quantitative estimate of drug-likeness (QED) is 0.0737. The highest BCUT2D eigenvalue weighted by molar-refractivity contribution is 7.99. The summed E-state index contributed by atoms with van der Waals surface area (Å²) in [5.74, 6) is 0.966. The first-order valence-electron chi connectivity index (χ1n) is 15.7. The van der Waals surface area contributed by atoms with Crippen LogP contribution in [0.1, 0.15) is 57.5 Å². The number of aryl methyl sites for hydroxylation is 1. The summed E-state index contributed by atoms with van der Waals surface area (Å²) in [5, 5.41) is 3.64. The van der Waals surface area contributed by atoms with E-state index in [1.807, 2.05) is 37.3 Å². The first-order valence-corrected chi connectivity index (χ1v) is 16.9. The van der Waals surface area contributed by atoms with Crippen molar-refractivity contribution in [2.45, 2.75) is 32.6 Å². The van der Waals surface area contributed by atoms with Crippen molar-refractivity contribution >= 4 is 40.5 Å². The number of carbonyl (C=O) groups is 2. The summed E-state index contributed by atoms with van der Waals surface area (Å²) in [6, 6.07) is 19.3. The van der Waals surface area contributed by atoms with Crippen LogP contribution >= 0.6 is 11.9 Å². The predicted molar refractivity (Wildman–Crippen MR) is 182 cm³/mol. The van der Waals surface area contributed by atoms with Gasteiger partial charge in [0.25, 0.3) is 5.91 Å². The molecular formula is C36H42N2O7S. The van der Waals surface area contributed by atoms with E-state index in [-0.39, 0.29) is 5.91 Å². The molecule has 1 amide bonds. The van der Waals surface area contributed by atoms with Gasteiger partial charge < -0.3 is 33.0 Å². The van der Waals surface area contributed by atoms with Crippen LogP contribution in [0.2, 0.25) is 0 Å². The van der Waals surface area contributed by atoms with Gasteiger partial charge in [0.05, 0.1) is 50.8 Å². The summed E-state index contributed by atoms with van der Waals surface area (Å²) in [5.41, 5.74) is 6.01. The molecule has 3 aromatic carbocycles. The molecule has 244 valence electrons. The van der Waals surface area contributed by atoms with Gasteiger partial charge in [-0.1, -0.05) is 53.9 Å². The molecule has 0 radical (unpaired) electrons. The summed E-state index contributed by atoms with van der Waals surface area (Å²) < 4.78 is 31.1. The van der Waals surface area contributed by atoms with Crippen LogP contribution in [0.5, 0.6) is 5.75 Å². The Bertz CT molecular complexity index is 1630. The minimum Gasteiger partial charge on any atom is -0.490 e. The molecular weight excluding hydrogens is 604 g/mol. The number of hydrogen-bond acceptors (Lipinski definition) is 9. The van der Waals surface area contributed by atoms with E-state index in [0.717, 1.165) is 35.0 Å². The SMILES string of the molecule is CCOC(=O)c1ccccc1OCCOCCOCCN(SC)c1cc2oc(-c3ccc(C)cc3)c(C(=O)NC)c2cc1C1CC1. The predicted octanol–water partition coefficient (Wildman–Crippen LogP) is 7.02. The van der Waals surface area contributed by atoms with Crippen LogP contribution < -0.4 is 14.4 Å². The molecule has 1 aromatic heterocycles. The molecule has 0 bridgehead atoms. The molecule has 5 rings (SSSR count). The van der Waals surface area contributed by atoms with Gasteiger partial charge in [-0.3, -0.25) is 4.79 Å². The minimum absolute atomic E-state index is 0.158. The standard InChI is InChI=1S/C36H42N2O7S/c1-5-43-36(40)27-8-6-7-9-31(27)44-21-20-42-19-18-41-17-16-38(46-4)30-23-32-29(22-28(30)25-14-15-25)33(35(39)37-3)34(45-32)26-12-10-24(2)11-13-26/h6-13,22-23,25H,5,14-21H2,1-4H3,(H,37,39). The molecule has 46 heavy (non-hydrogen) atoms. The Balaban J connectivity index is 1.17. The van der Waals surface area contributed by atoms with Gasteiger partial charge in [0.1, 0.15) is 29.3 Å². The first-order chi connectivity index (χ1) is 22.4. The zero-order valence-electron chi connectivity index (χ0n) is 26.9. The van der Waals surface area contributed by atoms with Gasteiger partial charge in [0.2, 0.25) is 0 Å². The molecule has 9 nitrogen and oxygen atoms in total. The van der Waals surface area contributed by atoms with Crippen molar-refractivity contribution in [1.82, 2.24) is 5.32 Å². The Morgan fingerprint density at radius 1 is 0.978 bits per heavy atom. The summed E-state index contributed by atoms with van der Waals surface area (Å²) in [7, 11) is 1.65. The third-order valence-corrected chi connectivity index (χ3v) is 8.61. The number of rotatable bonds is 17. The average molecular weight is 647 g/mol. The second-order valence-corrected chi connectivity index (χ2v) is 11.8. The van der Waals surface area contributed by atoms with Gasteiger partial charge >= 0.3 is 5.97 Å². The van der Waals surface area contributed by atoms with Crippen molar-refractivity contribution < 1.29 is 33.0 Å². The molecule has 1 fully saturated rings. The molecule has 10 heteroatoms. The van der Waals surface area contributed by atoms with Crippen LogP contribution in [0.4, 0.5) is 5.69 Å². The van der Waals surface area contributed by atoms with Gasteiger partial charge in [-0.15, -0.1) is 0 Å². The fourth-order valence-corrected chi connectivity index (χ4v) is 5.92. The highest BCUT2D eigenvalue weighted by Gasteiger charge is 2.31. The first kappa shape index (κ1) is 33.4. The summed E-state index contributed by atoms with van der Waals surface area (Å²) in [6.07, 6.45) is 4.31. The molecule has 0 saturated heterocycles. The van der Waals surface area contributed by atoms with Gasteiger partial charge in [-0.2, -0.15) is 0 Å². The smallest absolute Gasteiger partial charge is 0.341 e. The summed E-state index contributed by atoms with van der Waals surface area (Å²) in [6.45, 7) is 6.87. The number of amides is 1. The van der Waals surface area contributed by atoms with E-state index >= 15 is 0 Å². The number of esters is 1. The van der Waals surface area contributed by atoms with Crippen LogP contribution in [0.15, 0.2) is 65.1 Å². The number of para-hydroxylation sites is 1. The second-order valence-electron chi connectivity index (χ2n) is 11.0. The number of furan rings is 1. The lowest BCUT2D eigenvalue weighted by Crippen LogP contribution is -2.22. The Kier molecular flexibility index (Phi) is 11.6. The van der Waals surface area contributed by atoms with E-state index in [0.29, 0.717) is 80.3 Å². The Hall–Kier alpha value is -3.99. The molecule has 0 unspecified atom stereocenters. The zero-order valence-corrected chi connectivity index (χ0v) is 27.7.